The summed E-state index contributed by atoms with van der Waals surface area (Å²) < 4.78 is 43.1. The van der Waals surface area contributed by atoms with Crippen molar-refractivity contribution in [2.75, 3.05) is 49.1 Å². The van der Waals surface area contributed by atoms with Crippen LogP contribution in [-0.4, -0.2) is 62.0 Å². The summed E-state index contributed by atoms with van der Waals surface area (Å²) >= 11 is 5.67. The molecule has 0 spiro atoms. The maximum atomic E-state index is 15.0. The third-order valence-corrected chi connectivity index (χ3v) is 7.87. The average molecular weight is 521 g/mol. The average Bonchev–Trinajstić information content (AvgIpc) is 2.86. The summed E-state index contributed by atoms with van der Waals surface area (Å²) in [5.74, 6) is -2.67. The molecule has 3 fully saturated rings. The molecular formula is C26H28ClF3N4O2. The van der Waals surface area contributed by atoms with E-state index < -0.39 is 17.6 Å². The Kier molecular flexibility index (Phi) is 7.12. The minimum absolute atomic E-state index is 0.219. The van der Waals surface area contributed by atoms with Crippen LogP contribution in [0.5, 0.6) is 0 Å². The van der Waals surface area contributed by atoms with Crippen molar-refractivity contribution in [1.29, 1.82) is 0 Å². The van der Waals surface area contributed by atoms with Gasteiger partial charge in [0.15, 0.2) is 0 Å². The van der Waals surface area contributed by atoms with Crippen molar-refractivity contribution in [2.24, 2.45) is 0 Å². The van der Waals surface area contributed by atoms with Crippen LogP contribution in [0.3, 0.4) is 0 Å². The predicted octanol–water partition coefficient (Wildman–Crippen LogP) is 4.07. The number of hydrogen-bond acceptors (Lipinski definition) is 5. The first-order valence-electron chi connectivity index (χ1n) is 12.3. The molecule has 36 heavy (non-hydrogen) atoms. The molecule has 192 valence electrons. The Hall–Kier alpha value is -2.78. The second kappa shape index (κ2) is 10.3. The fraction of sp³-hybridized carbons (Fsp3) is 0.462. The Morgan fingerprint density at radius 2 is 1.44 bits per heavy atom. The number of piperazine rings is 1. The second-order valence-electron chi connectivity index (χ2n) is 9.67. The SMILES string of the molecule is O=C1CCC(c2ccc(N3CCC(N4CCN(c5cc(F)c(Cl)cc5F)CC4)CC3)c(F)c2)C(=O)N1. The van der Waals surface area contributed by atoms with Gasteiger partial charge in [-0.25, -0.2) is 13.2 Å². The predicted molar refractivity (Wildman–Crippen MR) is 132 cm³/mol. The lowest BCUT2D eigenvalue weighted by Gasteiger charge is -2.44. The molecule has 10 heteroatoms. The van der Waals surface area contributed by atoms with Gasteiger partial charge in [-0.3, -0.25) is 19.8 Å². The van der Waals surface area contributed by atoms with Crippen molar-refractivity contribution in [3.8, 4) is 0 Å². The van der Waals surface area contributed by atoms with E-state index in [0.717, 1.165) is 38.1 Å². The molecule has 3 heterocycles. The fourth-order valence-corrected chi connectivity index (χ4v) is 5.71. The lowest BCUT2D eigenvalue weighted by atomic mass is 9.90. The Bertz CT molecular complexity index is 1160. The van der Waals surface area contributed by atoms with Gasteiger partial charge in [0.1, 0.15) is 17.5 Å². The summed E-state index contributed by atoms with van der Waals surface area (Å²) in [6.07, 6.45) is 2.39. The van der Waals surface area contributed by atoms with E-state index >= 15 is 4.39 Å². The largest absolute Gasteiger partial charge is 0.369 e. The van der Waals surface area contributed by atoms with Crippen LogP contribution in [0, 0.1) is 17.5 Å². The molecule has 6 nitrogen and oxygen atoms in total. The van der Waals surface area contributed by atoms with Gasteiger partial charge in [0.05, 0.1) is 22.3 Å². The maximum Gasteiger partial charge on any atom is 0.234 e. The number of imide groups is 1. The molecule has 1 N–H and O–H groups in total. The first-order chi connectivity index (χ1) is 17.3. The summed E-state index contributed by atoms with van der Waals surface area (Å²) in [4.78, 5) is 29.8. The Balaban J connectivity index is 1.15. The van der Waals surface area contributed by atoms with Gasteiger partial charge in [-0.2, -0.15) is 0 Å². The quantitative estimate of drug-likeness (QED) is 0.486. The van der Waals surface area contributed by atoms with Crippen molar-refractivity contribution in [3.63, 3.8) is 0 Å². The second-order valence-corrected chi connectivity index (χ2v) is 10.1. The minimum atomic E-state index is -0.625. The fourth-order valence-electron chi connectivity index (χ4n) is 5.56. The number of carbonyl (C=O) groups excluding carboxylic acids is 2. The minimum Gasteiger partial charge on any atom is -0.369 e. The summed E-state index contributed by atoms with van der Waals surface area (Å²) in [5, 5.41) is 2.10. The van der Waals surface area contributed by atoms with E-state index in [9.17, 15) is 18.4 Å². The van der Waals surface area contributed by atoms with Crippen LogP contribution >= 0.6 is 11.6 Å². The molecule has 0 bridgehead atoms. The van der Waals surface area contributed by atoms with E-state index in [4.69, 9.17) is 11.6 Å². The highest BCUT2D eigenvalue weighted by molar-refractivity contribution is 6.30. The van der Waals surface area contributed by atoms with Gasteiger partial charge in [0.25, 0.3) is 0 Å². The number of piperidine rings is 2. The highest BCUT2D eigenvalue weighted by Crippen LogP contribution is 2.32. The van der Waals surface area contributed by atoms with E-state index in [1.165, 1.54) is 6.07 Å². The standard InChI is InChI=1S/C26H28ClF3N4O2/c27-19-14-22(30)24(15-20(19)28)34-11-9-32(10-12-34)17-5-7-33(8-6-17)23-3-1-16(13-21(23)29)18-2-4-25(35)31-26(18)36/h1,3,13-15,17-18H,2,4-12H2,(H,31,35,36). The zero-order chi connectivity index (χ0) is 25.4. The van der Waals surface area contributed by atoms with Gasteiger partial charge in [-0.1, -0.05) is 17.7 Å². The number of anilines is 2. The maximum absolute atomic E-state index is 15.0. The lowest BCUT2D eigenvalue weighted by molar-refractivity contribution is -0.134. The molecule has 0 radical (unpaired) electrons. The van der Waals surface area contributed by atoms with Gasteiger partial charge in [0.2, 0.25) is 11.8 Å². The summed E-state index contributed by atoms with van der Waals surface area (Å²) in [6, 6.07) is 7.45. The number of hydrogen-bond donors (Lipinski definition) is 1. The molecule has 2 aromatic carbocycles. The van der Waals surface area contributed by atoms with Crippen LogP contribution in [0.15, 0.2) is 30.3 Å². The lowest BCUT2D eigenvalue weighted by Crippen LogP contribution is -2.53. The van der Waals surface area contributed by atoms with Crippen molar-refractivity contribution in [2.45, 2.75) is 37.6 Å². The van der Waals surface area contributed by atoms with Crippen molar-refractivity contribution in [3.05, 3.63) is 58.4 Å². The van der Waals surface area contributed by atoms with Gasteiger partial charge in [-0.15, -0.1) is 0 Å². The molecule has 0 aliphatic carbocycles. The molecule has 5 rings (SSSR count). The van der Waals surface area contributed by atoms with Gasteiger partial charge >= 0.3 is 0 Å². The number of nitrogens with zero attached hydrogens (tertiary/aromatic N) is 3. The number of benzene rings is 2. The highest BCUT2D eigenvalue weighted by Gasteiger charge is 2.31. The summed E-state index contributed by atoms with van der Waals surface area (Å²) in [5.41, 5.74) is 1.35. The molecule has 1 atom stereocenters. The third kappa shape index (κ3) is 5.04. The smallest absolute Gasteiger partial charge is 0.234 e. The van der Waals surface area contributed by atoms with Crippen LogP contribution in [0.25, 0.3) is 0 Å². The van der Waals surface area contributed by atoms with E-state index in [1.807, 2.05) is 9.80 Å². The zero-order valence-corrected chi connectivity index (χ0v) is 20.5. The molecule has 2 aromatic rings. The van der Waals surface area contributed by atoms with Crippen LogP contribution in [0.4, 0.5) is 24.5 Å². The highest BCUT2D eigenvalue weighted by atomic mass is 35.5. The molecule has 3 saturated heterocycles. The molecule has 1 unspecified atom stereocenters. The number of nitrogens with one attached hydrogen (secondary N) is 1. The Morgan fingerprint density at radius 1 is 0.778 bits per heavy atom. The third-order valence-electron chi connectivity index (χ3n) is 7.58. The Morgan fingerprint density at radius 3 is 2.11 bits per heavy atom. The normalized spacial score (nSPS) is 22.2. The van der Waals surface area contributed by atoms with Crippen LogP contribution < -0.4 is 15.1 Å². The van der Waals surface area contributed by atoms with Crippen LogP contribution in [0.2, 0.25) is 5.02 Å². The first kappa shape index (κ1) is 24.9. The molecule has 0 saturated carbocycles. The molecule has 2 amide bonds. The van der Waals surface area contributed by atoms with Crippen LogP contribution in [0.1, 0.15) is 37.2 Å². The van der Waals surface area contributed by atoms with Gasteiger partial charge in [0, 0.05) is 57.8 Å². The summed E-state index contributed by atoms with van der Waals surface area (Å²) in [7, 11) is 0. The van der Waals surface area contributed by atoms with Crippen molar-refractivity contribution >= 4 is 34.8 Å². The van der Waals surface area contributed by atoms with Crippen molar-refractivity contribution < 1.29 is 22.8 Å². The van der Waals surface area contributed by atoms with E-state index in [0.29, 0.717) is 49.9 Å². The molecule has 3 aliphatic rings. The zero-order valence-electron chi connectivity index (χ0n) is 19.8. The van der Waals surface area contributed by atoms with E-state index in [1.54, 1.807) is 12.1 Å². The van der Waals surface area contributed by atoms with E-state index in [2.05, 4.69) is 10.2 Å². The van der Waals surface area contributed by atoms with Gasteiger partial charge in [-0.05, 0) is 43.0 Å². The topological polar surface area (TPSA) is 55.9 Å². The molecule has 0 aromatic heterocycles. The number of amides is 2. The summed E-state index contributed by atoms with van der Waals surface area (Å²) in [6.45, 7) is 4.07. The molecule has 3 aliphatic heterocycles. The number of rotatable bonds is 4. The van der Waals surface area contributed by atoms with Crippen molar-refractivity contribution in [1.82, 2.24) is 10.2 Å². The number of carbonyl (C=O) groups is 2. The number of halogens is 4. The van der Waals surface area contributed by atoms with E-state index in [-0.39, 0.29) is 34.8 Å². The van der Waals surface area contributed by atoms with Gasteiger partial charge < -0.3 is 9.80 Å². The monoisotopic (exact) mass is 520 g/mol. The molecular weight excluding hydrogens is 493 g/mol. The Labute approximate surface area is 213 Å². The first-order valence-corrected chi connectivity index (χ1v) is 12.7. The van der Waals surface area contributed by atoms with Crippen LogP contribution in [-0.2, 0) is 9.59 Å².